The molecule has 0 aliphatic rings. The molecule has 1 aromatic carbocycles. The highest BCUT2D eigenvalue weighted by molar-refractivity contribution is 5.57. The van der Waals surface area contributed by atoms with Gasteiger partial charge in [-0.2, -0.15) is 5.10 Å². The van der Waals surface area contributed by atoms with Crippen molar-refractivity contribution < 1.29 is 18.6 Å². The lowest BCUT2D eigenvalue weighted by molar-refractivity contribution is -0.0123. The highest BCUT2D eigenvalue weighted by atomic mass is 19.1. The second kappa shape index (κ2) is 9.51. The average Bonchev–Trinajstić information content (AvgIpc) is 3.49. The summed E-state index contributed by atoms with van der Waals surface area (Å²) in [4.78, 5) is 8.40. The Labute approximate surface area is 188 Å². The minimum absolute atomic E-state index is 0.0585. The standard InChI is InChI=1S/C22H23F2N7O2/c1-3-33-14-31-21(10-27-29-31)16-4-7-20(26-9-16)15(2)22(32,11-30-13-25-12-28-30)18-6-5-17(23)8-19(18)24/h4-10,12-13,15,32H,3,11,14H2,1-2H3. The summed E-state index contributed by atoms with van der Waals surface area (Å²) in [5, 5.41) is 23.7. The van der Waals surface area contributed by atoms with Gasteiger partial charge in [0, 0.05) is 41.6 Å². The third-order valence-corrected chi connectivity index (χ3v) is 5.54. The minimum Gasteiger partial charge on any atom is -0.382 e. The topological polar surface area (TPSA) is 104 Å². The molecule has 1 N–H and O–H groups in total. The third kappa shape index (κ3) is 4.64. The largest absolute Gasteiger partial charge is 0.382 e. The molecule has 0 spiro atoms. The number of pyridine rings is 1. The van der Waals surface area contributed by atoms with Crippen LogP contribution in [-0.4, -0.2) is 46.5 Å². The normalized spacial score (nSPS) is 14.2. The van der Waals surface area contributed by atoms with Crippen molar-refractivity contribution in [3.8, 4) is 11.3 Å². The van der Waals surface area contributed by atoms with Crippen LogP contribution in [0.5, 0.6) is 0 Å². The first-order chi connectivity index (χ1) is 15.9. The third-order valence-electron chi connectivity index (χ3n) is 5.54. The van der Waals surface area contributed by atoms with Crippen LogP contribution >= 0.6 is 0 Å². The van der Waals surface area contributed by atoms with Crippen molar-refractivity contribution in [3.63, 3.8) is 0 Å². The first-order valence-corrected chi connectivity index (χ1v) is 10.3. The SMILES string of the molecule is CCOCn1nncc1-c1ccc(C(C)C(O)(Cn2cncn2)c2ccc(F)cc2F)nc1. The number of aliphatic hydroxyl groups is 1. The molecule has 0 saturated heterocycles. The lowest BCUT2D eigenvalue weighted by Crippen LogP contribution is -2.38. The molecular weight excluding hydrogens is 432 g/mol. The van der Waals surface area contributed by atoms with Gasteiger partial charge in [0.15, 0.2) is 0 Å². The van der Waals surface area contributed by atoms with Gasteiger partial charge >= 0.3 is 0 Å². The van der Waals surface area contributed by atoms with Crippen molar-refractivity contribution in [2.75, 3.05) is 6.61 Å². The van der Waals surface area contributed by atoms with E-state index in [9.17, 15) is 13.9 Å². The van der Waals surface area contributed by atoms with E-state index in [1.54, 1.807) is 30.1 Å². The monoisotopic (exact) mass is 455 g/mol. The van der Waals surface area contributed by atoms with E-state index in [-0.39, 0.29) is 18.8 Å². The summed E-state index contributed by atoms with van der Waals surface area (Å²) in [5.74, 6) is -2.26. The molecule has 0 radical (unpaired) electrons. The van der Waals surface area contributed by atoms with Crippen molar-refractivity contribution in [1.29, 1.82) is 0 Å². The van der Waals surface area contributed by atoms with Crippen LogP contribution in [0, 0.1) is 11.6 Å². The van der Waals surface area contributed by atoms with Gasteiger partial charge in [0.25, 0.3) is 0 Å². The second-order valence-electron chi connectivity index (χ2n) is 7.58. The predicted octanol–water partition coefficient (Wildman–Crippen LogP) is 2.90. The van der Waals surface area contributed by atoms with Crippen molar-refractivity contribution in [2.45, 2.75) is 38.6 Å². The first kappa shape index (κ1) is 22.6. The molecule has 0 aliphatic carbocycles. The molecule has 2 unspecified atom stereocenters. The summed E-state index contributed by atoms with van der Waals surface area (Å²) in [6.45, 7) is 4.30. The maximum Gasteiger partial charge on any atom is 0.141 e. The summed E-state index contributed by atoms with van der Waals surface area (Å²) in [7, 11) is 0. The fraction of sp³-hybridized carbons (Fsp3) is 0.318. The zero-order chi connectivity index (χ0) is 23.4. The maximum atomic E-state index is 14.8. The van der Waals surface area contributed by atoms with E-state index in [1.807, 2.05) is 13.0 Å². The van der Waals surface area contributed by atoms with E-state index in [0.717, 1.165) is 23.4 Å². The average molecular weight is 455 g/mol. The Morgan fingerprint density at radius 3 is 2.70 bits per heavy atom. The number of benzene rings is 1. The highest BCUT2D eigenvalue weighted by Crippen LogP contribution is 2.39. The zero-order valence-corrected chi connectivity index (χ0v) is 18.1. The quantitative estimate of drug-likeness (QED) is 0.414. The maximum absolute atomic E-state index is 14.8. The number of ether oxygens (including phenoxy) is 1. The molecule has 0 amide bonds. The van der Waals surface area contributed by atoms with Crippen LogP contribution in [0.1, 0.15) is 31.0 Å². The van der Waals surface area contributed by atoms with Crippen LogP contribution in [0.2, 0.25) is 0 Å². The molecule has 0 fully saturated rings. The van der Waals surface area contributed by atoms with Gasteiger partial charge < -0.3 is 9.84 Å². The Hall–Kier alpha value is -3.57. The van der Waals surface area contributed by atoms with E-state index in [1.165, 1.54) is 23.4 Å². The second-order valence-corrected chi connectivity index (χ2v) is 7.58. The van der Waals surface area contributed by atoms with Gasteiger partial charge in [0.05, 0.1) is 18.4 Å². The van der Waals surface area contributed by atoms with Crippen molar-refractivity contribution in [3.05, 3.63) is 78.3 Å². The van der Waals surface area contributed by atoms with Gasteiger partial charge in [0.1, 0.15) is 36.6 Å². The molecule has 33 heavy (non-hydrogen) atoms. The molecule has 9 nitrogen and oxygen atoms in total. The van der Waals surface area contributed by atoms with Crippen LogP contribution in [0.4, 0.5) is 8.78 Å². The van der Waals surface area contributed by atoms with E-state index >= 15 is 0 Å². The summed E-state index contributed by atoms with van der Waals surface area (Å²) < 4.78 is 36.7. The van der Waals surface area contributed by atoms with E-state index in [0.29, 0.717) is 12.3 Å². The lowest BCUT2D eigenvalue weighted by atomic mass is 9.79. The number of hydrogen-bond acceptors (Lipinski definition) is 7. The molecule has 0 bridgehead atoms. The van der Waals surface area contributed by atoms with Crippen LogP contribution in [0.15, 0.2) is 55.4 Å². The highest BCUT2D eigenvalue weighted by Gasteiger charge is 2.40. The molecular formula is C22H23F2N7O2. The summed E-state index contributed by atoms with van der Waals surface area (Å²) in [6.07, 6.45) is 5.97. The van der Waals surface area contributed by atoms with Crippen LogP contribution in [-0.2, 0) is 23.6 Å². The predicted molar refractivity (Wildman–Crippen MR) is 114 cm³/mol. The molecule has 3 aromatic heterocycles. The van der Waals surface area contributed by atoms with Gasteiger partial charge in [0.2, 0.25) is 0 Å². The minimum atomic E-state index is -1.78. The Kier molecular flexibility index (Phi) is 6.52. The van der Waals surface area contributed by atoms with Crippen molar-refractivity contribution in [1.82, 2.24) is 34.7 Å². The summed E-state index contributed by atoms with van der Waals surface area (Å²) >= 11 is 0. The number of nitrogens with zero attached hydrogens (tertiary/aromatic N) is 7. The Morgan fingerprint density at radius 1 is 1.18 bits per heavy atom. The van der Waals surface area contributed by atoms with Crippen molar-refractivity contribution >= 4 is 0 Å². The van der Waals surface area contributed by atoms with Gasteiger partial charge in [-0.1, -0.05) is 18.2 Å². The Balaban J connectivity index is 1.68. The molecule has 2 atom stereocenters. The summed E-state index contributed by atoms with van der Waals surface area (Å²) in [5.41, 5.74) is 0.143. The molecule has 0 aliphatic heterocycles. The molecule has 172 valence electrons. The molecule has 4 rings (SSSR count). The van der Waals surface area contributed by atoms with Gasteiger partial charge in [-0.05, 0) is 25.1 Å². The van der Waals surface area contributed by atoms with Gasteiger partial charge in [-0.3, -0.25) is 4.98 Å². The zero-order valence-electron chi connectivity index (χ0n) is 18.1. The Morgan fingerprint density at radius 2 is 2.03 bits per heavy atom. The number of rotatable bonds is 9. The van der Waals surface area contributed by atoms with E-state index < -0.39 is 23.2 Å². The first-order valence-electron chi connectivity index (χ1n) is 10.3. The number of halogens is 2. The van der Waals surface area contributed by atoms with Crippen LogP contribution in [0.3, 0.4) is 0 Å². The molecule has 0 saturated carbocycles. The van der Waals surface area contributed by atoms with Gasteiger partial charge in [-0.25, -0.2) is 23.1 Å². The number of hydrogen-bond donors (Lipinski definition) is 1. The lowest BCUT2D eigenvalue weighted by Gasteiger charge is -2.34. The molecule has 11 heteroatoms. The number of aromatic nitrogens is 7. The van der Waals surface area contributed by atoms with E-state index in [2.05, 4.69) is 25.4 Å². The fourth-order valence-corrected chi connectivity index (χ4v) is 3.67. The van der Waals surface area contributed by atoms with Crippen molar-refractivity contribution in [2.24, 2.45) is 0 Å². The Bertz CT molecular complexity index is 1200. The van der Waals surface area contributed by atoms with Crippen LogP contribution < -0.4 is 0 Å². The fourth-order valence-electron chi connectivity index (χ4n) is 3.67. The molecule has 4 aromatic rings. The smallest absolute Gasteiger partial charge is 0.141 e. The van der Waals surface area contributed by atoms with Crippen LogP contribution in [0.25, 0.3) is 11.3 Å². The molecule has 3 heterocycles. The van der Waals surface area contributed by atoms with E-state index in [4.69, 9.17) is 4.74 Å². The summed E-state index contributed by atoms with van der Waals surface area (Å²) in [6, 6.07) is 6.66. The van der Waals surface area contributed by atoms with Gasteiger partial charge in [-0.15, -0.1) is 5.10 Å².